The molecule has 1 fully saturated rings. The summed E-state index contributed by atoms with van der Waals surface area (Å²) >= 11 is 0. The van der Waals surface area contributed by atoms with Gasteiger partial charge in [-0.25, -0.2) is 12.8 Å². The molecule has 1 unspecified atom stereocenters. The Morgan fingerprint density at radius 3 is 2.60 bits per heavy atom. The van der Waals surface area contributed by atoms with Gasteiger partial charge >= 0.3 is 0 Å². The van der Waals surface area contributed by atoms with Gasteiger partial charge in [0.05, 0.1) is 29.6 Å². The molecule has 30 heavy (non-hydrogen) atoms. The molecule has 10 heteroatoms. The third-order valence-corrected chi connectivity index (χ3v) is 6.70. The van der Waals surface area contributed by atoms with E-state index in [1.165, 1.54) is 16.4 Å². The Morgan fingerprint density at radius 2 is 1.90 bits per heavy atom. The normalized spacial score (nSPS) is 17.3. The van der Waals surface area contributed by atoms with E-state index in [-0.39, 0.29) is 42.9 Å². The second kappa shape index (κ2) is 9.77. The fraction of sp³-hybridized carbons (Fsp3) is 0.350. The van der Waals surface area contributed by atoms with Crippen LogP contribution in [0.4, 0.5) is 4.39 Å². The van der Waals surface area contributed by atoms with Crippen LogP contribution in [0.2, 0.25) is 0 Å². The highest BCUT2D eigenvalue weighted by atomic mass is 32.2. The van der Waals surface area contributed by atoms with E-state index >= 15 is 0 Å². The van der Waals surface area contributed by atoms with E-state index in [9.17, 15) is 22.4 Å². The van der Waals surface area contributed by atoms with Gasteiger partial charge in [-0.15, -0.1) is 0 Å². The molecule has 3 rings (SSSR count). The maximum absolute atomic E-state index is 13.1. The van der Waals surface area contributed by atoms with Crippen molar-refractivity contribution in [3.05, 3.63) is 60.2 Å². The number of pyridine rings is 1. The molecule has 0 spiro atoms. The van der Waals surface area contributed by atoms with Crippen molar-refractivity contribution in [2.24, 2.45) is 5.92 Å². The van der Waals surface area contributed by atoms with Gasteiger partial charge in [-0.3, -0.25) is 14.6 Å². The highest BCUT2D eigenvalue weighted by Crippen LogP contribution is 2.24. The number of carbonyl (C=O) groups is 2. The van der Waals surface area contributed by atoms with Crippen LogP contribution in [0.15, 0.2) is 53.6 Å². The summed E-state index contributed by atoms with van der Waals surface area (Å²) in [5.41, 5.74) is 0.700. The van der Waals surface area contributed by atoms with Crippen LogP contribution >= 0.6 is 0 Å². The first-order chi connectivity index (χ1) is 14.4. The van der Waals surface area contributed by atoms with Gasteiger partial charge in [0.1, 0.15) is 5.82 Å². The summed E-state index contributed by atoms with van der Waals surface area (Å²) in [6.07, 6.45) is 2.67. The van der Waals surface area contributed by atoms with Gasteiger partial charge in [0.15, 0.2) is 0 Å². The number of nitrogens with zero attached hydrogens (tertiary/aromatic N) is 2. The zero-order valence-electron chi connectivity index (χ0n) is 16.3. The number of halogens is 1. The number of hydrogen-bond acceptors (Lipinski definition) is 5. The lowest BCUT2D eigenvalue weighted by molar-refractivity contribution is -0.129. The Balaban J connectivity index is 1.51. The summed E-state index contributed by atoms with van der Waals surface area (Å²) in [5.74, 6) is -1.81. The van der Waals surface area contributed by atoms with E-state index in [0.717, 1.165) is 12.1 Å². The number of carbonyl (C=O) groups excluding carboxylic acids is 2. The average molecular weight is 434 g/mol. The predicted molar refractivity (Wildman–Crippen MR) is 107 cm³/mol. The van der Waals surface area contributed by atoms with Crippen molar-refractivity contribution in [3.63, 3.8) is 0 Å². The van der Waals surface area contributed by atoms with Gasteiger partial charge < -0.3 is 10.6 Å². The minimum Gasteiger partial charge on any atom is -0.349 e. The van der Waals surface area contributed by atoms with Gasteiger partial charge in [0.2, 0.25) is 21.8 Å². The summed E-state index contributed by atoms with van der Waals surface area (Å²) in [4.78, 5) is 28.5. The largest absolute Gasteiger partial charge is 0.349 e. The third-order valence-electron chi connectivity index (χ3n) is 4.82. The van der Waals surface area contributed by atoms with Gasteiger partial charge in [-0.2, -0.15) is 4.31 Å². The summed E-state index contributed by atoms with van der Waals surface area (Å²) in [6.45, 7) is 0.352. The average Bonchev–Trinajstić information content (AvgIpc) is 2.77. The van der Waals surface area contributed by atoms with Crippen molar-refractivity contribution >= 4 is 21.8 Å². The molecule has 0 bridgehead atoms. The minimum absolute atomic E-state index is 0.0149. The van der Waals surface area contributed by atoms with Crippen molar-refractivity contribution in [2.45, 2.75) is 24.3 Å². The molecular weight excluding hydrogens is 411 g/mol. The number of amides is 2. The molecular formula is C20H23FN4O4S. The number of sulfonamides is 1. The van der Waals surface area contributed by atoms with Crippen molar-refractivity contribution < 1.29 is 22.4 Å². The fourth-order valence-electron chi connectivity index (χ4n) is 3.20. The lowest BCUT2D eigenvalue weighted by atomic mass is 9.99. The second-order valence-corrected chi connectivity index (χ2v) is 8.91. The molecule has 2 N–H and O–H groups in total. The molecule has 2 heterocycles. The van der Waals surface area contributed by atoms with Crippen LogP contribution in [0, 0.1) is 11.7 Å². The first kappa shape index (κ1) is 21.8. The smallest absolute Gasteiger partial charge is 0.243 e. The summed E-state index contributed by atoms with van der Waals surface area (Å²) in [6, 6.07) is 9.95. The van der Waals surface area contributed by atoms with E-state index in [1.807, 2.05) is 6.07 Å². The first-order valence-electron chi connectivity index (χ1n) is 9.56. The predicted octanol–water partition coefficient (Wildman–Crippen LogP) is 1.05. The molecule has 0 aliphatic carbocycles. The van der Waals surface area contributed by atoms with Crippen LogP contribution in [0.5, 0.6) is 0 Å². The molecule has 1 saturated heterocycles. The molecule has 1 aliphatic heterocycles. The molecule has 0 saturated carbocycles. The Bertz CT molecular complexity index is 984. The van der Waals surface area contributed by atoms with Crippen molar-refractivity contribution in [1.82, 2.24) is 19.9 Å². The molecule has 1 aromatic carbocycles. The molecule has 0 radical (unpaired) electrons. The lowest BCUT2D eigenvalue weighted by Crippen LogP contribution is -2.47. The summed E-state index contributed by atoms with van der Waals surface area (Å²) in [5, 5.41) is 5.23. The Kier molecular flexibility index (Phi) is 7.11. The number of rotatable bonds is 7. The summed E-state index contributed by atoms with van der Waals surface area (Å²) in [7, 11) is -3.82. The van der Waals surface area contributed by atoms with E-state index in [4.69, 9.17) is 0 Å². The monoisotopic (exact) mass is 434 g/mol. The molecule has 2 amide bonds. The number of nitrogens with one attached hydrogen (secondary N) is 2. The van der Waals surface area contributed by atoms with Crippen LogP contribution in [0.25, 0.3) is 0 Å². The molecule has 1 atom stereocenters. The quantitative estimate of drug-likeness (QED) is 0.677. The molecule has 1 aromatic heterocycles. The van der Waals surface area contributed by atoms with E-state index in [1.54, 1.807) is 18.3 Å². The Morgan fingerprint density at radius 1 is 1.13 bits per heavy atom. The zero-order chi connectivity index (χ0) is 21.6. The SMILES string of the molecule is O=C(CNC(=O)C1CCCN(S(=O)(=O)c2ccc(F)cc2)C1)NCc1ccccn1. The van der Waals surface area contributed by atoms with Gasteiger partial charge in [-0.05, 0) is 49.2 Å². The van der Waals surface area contributed by atoms with E-state index in [2.05, 4.69) is 15.6 Å². The van der Waals surface area contributed by atoms with Crippen molar-refractivity contribution in [3.8, 4) is 0 Å². The maximum atomic E-state index is 13.1. The molecule has 160 valence electrons. The molecule has 1 aliphatic rings. The number of benzene rings is 1. The number of piperidine rings is 1. The highest BCUT2D eigenvalue weighted by molar-refractivity contribution is 7.89. The maximum Gasteiger partial charge on any atom is 0.243 e. The van der Waals surface area contributed by atoms with Gasteiger partial charge in [0.25, 0.3) is 0 Å². The molecule has 2 aromatic rings. The lowest BCUT2D eigenvalue weighted by Gasteiger charge is -2.31. The fourth-order valence-corrected chi connectivity index (χ4v) is 4.72. The first-order valence-corrected chi connectivity index (χ1v) is 11.0. The van der Waals surface area contributed by atoms with E-state index < -0.39 is 21.8 Å². The van der Waals surface area contributed by atoms with Gasteiger partial charge in [0, 0.05) is 19.3 Å². The Labute approximate surface area is 174 Å². The third kappa shape index (κ3) is 5.61. The standard InChI is InChI=1S/C20H23FN4O4S/c21-16-6-8-18(9-7-16)30(28,29)25-11-3-4-15(14-25)20(27)24-13-19(26)23-12-17-5-1-2-10-22-17/h1-2,5-10,15H,3-4,11-14H2,(H,23,26)(H,24,27). The highest BCUT2D eigenvalue weighted by Gasteiger charge is 2.33. The Hall–Kier alpha value is -2.85. The van der Waals surface area contributed by atoms with Crippen LogP contribution < -0.4 is 10.6 Å². The van der Waals surface area contributed by atoms with E-state index in [0.29, 0.717) is 18.5 Å². The second-order valence-electron chi connectivity index (χ2n) is 6.97. The van der Waals surface area contributed by atoms with Crippen molar-refractivity contribution in [1.29, 1.82) is 0 Å². The van der Waals surface area contributed by atoms with Crippen LogP contribution in [0.3, 0.4) is 0 Å². The van der Waals surface area contributed by atoms with Crippen LogP contribution in [-0.2, 0) is 26.2 Å². The zero-order valence-corrected chi connectivity index (χ0v) is 17.1. The van der Waals surface area contributed by atoms with Crippen LogP contribution in [0.1, 0.15) is 18.5 Å². The van der Waals surface area contributed by atoms with Gasteiger partial charge in [-0.1, -0.05) is 6.07 Å². The van der Waals surface area contributed by atoms with Crippen molar-refractivity contribution in [2.75, 3.05) is 19.6 Å². The summed E-state index contributed by atoms with van der Waals surface area (Å²) < 4.78 is 39.8. The number of hydrogen-bond donors (Lipinski definition) is 2. The minimum atomic E-state index is -3.82. The van der Waals surface area contributed by atoms with Crippen LogP contribution in [-0.4, -0.2) is 49.2 Å². The number of aromatic nitrogens is 1. The topological polar surface area (TPSA) is 108 Å². The molecule has 8 nitrogen and oxygen atoms in total.